The van der Waals surface area contributed by atoms with Crippen molar-refractivity contribution >= 4 is 17.6 Å². The molecular weight excluding hydrogens is 374 g/mol. The summed E-state index contributed by atoms with van der Waals surface area (Å²) in [5.74, 6) is 2.56. The molecule has 6 rings (SSSR count). The van der Waals surface area contributed by atoms with Crippen LogP contribution in [0.1, 0.15) is 44.1 Å². The van der Waals surface area contributed by atoms with Gasteiger partial charge in [0.15, 0.2) is 5.96 Å². The summed E-state index contributed by atoms with van der Waals surface area (Å²) in [4.78, 5) is 15.1. The van der Waals surface area contributed by atoms with E-state index < -0.39 is 0 Å². The molecule has 3 N–H and O–H groups in total. The van der Waals surface area contributed by atoms with Gasteiger partial charge >= 0.3 is 0 Å². The van der Waals surface area contributed by atoms with Crippen LogP contribution in [0.4, 0.5) is 5.69 Å². The van der Waals surface area contributed by atoms with E-state index in [1.807, 2.05) is 54.6 Å². The van der Waals surface area contributed by atoms with E-state index in [2.05, 4.69) is 0 Å². The minimum atomic E-state index is -0.330. The Kier molecular flexibility index (Phi) is 4.76. The van der Waals surface area contributed by atoms with Crippen LogP contribution in [-0.2, 0) is 11.4 Å². The first kappa shape index (κ1) is 19.2. The van der Waals surface area contributed by atoms with Gasteiger partial charge in [-0.05, 0) is 86.1 Å². The van der Waals surface area contributed by atoms with Crippen molar-refractivity contribution in [1.82, 2.24) is 0 Å². The second-order valence-electron chi connectivity index (χ2n) is 9.49. The summed E-state index contributed by atoms with van der Waals surface area (Å²) in [6, 6.07) is 17.4. The van der Waals surface area contributed by atoms with Crippen LogP contribution in [0.5, 0.6) is 5.75 Å². The minimum absolute atomic E-state index is 0.0204. The van der Waals surface area contributed by atoms with Gasteiger partial charge < -0.3 is 10.5 Å². The van der Waals surface area contributed by atoms with Crippen molar-refractivity contribution in [2.45, 2.75) is 45.1 Å². The molecular formula is C25H29N3O2. The Morgan fingerprint density at radius 1 is 0.967 bits per heavy atom. The second kappa shape index (κ2) is 7.46. The SMILES string of the molecule is N=C(N)N(C(=O)C12CC3CC(CC(C3)C1)C2)c1ccc(OCc2ccccc2)cc1. The maximum Gasteiger partial charge on any atom is 0.240 e. The van der Waals surface area contributed by atoms with Crippen LogP contribution in [-0.4, -0.2) is 11.9 Å². The van der Waals surface area contributed by atoms with Gasteiger partial charge in [0.05, 0.1) is 11.1 Å². The smallest absolute Gasteiger partial charge is 0.240 e. The third-order valence-corrected chi connectivity index (χ3v) is 7.28. The van der Waals surface area contributed by atoms with E-state index in [9.17, 15) is 4.79 Å². The molecule has 2 aromatic carbocycles. The number of hydrogen-bond acceptors (Lipinski definition) is 3. The van der Waals surface area contributed by atoms with Crippen LogP contribution in [0.3, 0.4) is 0 Å². The molecule has 5 heteroatoms. The molecule has 4 aliphatic rings. The number of nitrogens with one attached hydrogen (secondary N) is 1. The lowest BCUT2D eigenvalue weighted by atomic mass is 9.49. The Morgan fingerprint density at radius 3 is 2.07 bits per heavy atom. The number of guanidine groups is 1. The van der Waals surface area contributed by atoms with Gasteiger partial charge in [-0.25, -0.2) is 0 Å². The van der Waals surface area contributed by atoms with Crippen molar-refractivity contribution in [1.29, 1.82) is 5.41 Å². The van der Waals surface area contributed by atoms with E-state index in [-0.39, 0.29) is 17.3 Å². The van der Waals surface area contributed by atoms with Gasteiger partial charge in [0, 0.05) is 0 Å². The Labute approximate surface area is 177 Å². The fraction of sp³-hybridized carbons (Fsp3) is 0.440. The van der Waals surface area contributed by atoms with Crippen LogP contribution in [0.2, 0.25) is 0 Å². The van der Waals surface area contributed by atoms with Crippen LogP contribution < -0.4 is 15.4 Å². The average Bonchev–Trinajstić information content (AvgIpc) is 2.73. The number of nitrogens with two attached hydrogens (primary N) is 1. The molecule has 0 aromatic heterocycles. The monoisotopic (exact) mass is 403 g/mol. The van der Waals surface area contributed by atoms with Gasteiger partial charge in [-0.15, -0.1) is 0 Å². The summed E-state index contributed by atoms with van der Waals surface area (Å²) in [5.41, 5.74) is 7.34. The molecule has 0 unspecified atom stereocenters. The van der Waals surface area contributed by atoms with Crippen LogP contribution in [0.15, 0.2) is 54.6 Å². The summed E-state index contributed by atoms with van der Waals surface area (Å²) >= 11 is 0. The summed E-state index contributed by atoms with van der Waals surface area (Å²) in [5, 5.41) is 8.13. The molecule has 1 amide bonds. The molecule has 0 radical (unpaired) electrons. The highest BCUT2D eigenvalue weighted by Gasteiger charge is 2.56. The first-order chi connectivity index (χ1) is 14.5. The molecule has 0 aliphatic heterocycles. The normalized spacial score (nSPS) is 28.9. The van der Waals surface area contributed by atoms with Gasteiger partial charge in [-0.2, -0.15) is 0 Å². The largest absolute Gasteiger partial charge is 0.489 e. The predicted octanol–water partition coefficient (Wildman–Crippen LogP) is 4.71. The van der Waals surface area contributed by atoms with Crippen molar-refractivity contribution in [2.75, 3.05) is 4.90 Å². The number of rotatable bonds is 5. The zero-order chi connectivity index (χ0) is 20.7. The van der Waals surface area contributed by atoms with Gasteiger partial charge in [-0.3, -0.25) is 15.1 Å². The molecule has 30 heavy (non-hydrogen) atoms. The molecule has 4 fully saturated rings. The maximum absolute atomic E-state index is 13.7. The highest BCUT2D eigenvalue weighted by atomic mass is 16.5. The minimum Gasteiger partial charge on any atom is -0.489 e. The third kappa shape index (κ3) is 3.47. The quantitative estimate of drug-likeness (QED) is 0.560. The number of benzene rings is 2. The van der Waals surface area contributed by atoms with Gasteiger partial charge in [0.1, 0.15) is 12.4 Å². The molecule has 0 atom stereocenters. The Bertz CT molecular complexity index is 903. The number of carbonyl (C=O) groups excluding carboxylic acids is 1. The van der Waals surface area contributed by atoms with Gasteiger partial charge in [-0.1, -0.05) is 30.3 Å². The molecule has 0 spiro atoms. The van der Waals surface area contributed by atoms with E-state index in [1.165, 1.54) is 24.2 Å². The zero-order valence-electron chi connectivity index (χ0n) is 17.2. The molecule has 2 aromatic rings. The average molecular weight is 404 g/mol. The Balaban J connectivity index is 1.33. The predicted molar refractivity (Wildman–Crippen MR) is 117 cm³/mol. The number of anilines is 1. The van der Waals surface area contributed by atoms with Crippen molar-refractivity contribution in [3.8, 4) is 5.75 Å². The molecule has 156 valence electrons. The lowest BCUT2D eigenvalue weighted by Crippen LogP contribution is -2.57. The van der Waals surface area contributed by atoms with Crippen LogP contribution in [0.25, 0.3) is 0 Å². The summed E-state index contributed by atoms with van der Waals surface area (Å²) in [7, 11) is 0. The molecule has 0 heterocycles. The molecule has 4 saturated carbocycles. The van der Waals surface area contributed by atoms with Crippen molar-refractivity contribution in [2.24, 2.45) is 28.9 Å². The summed E-state index contributed by atoms with van der Waals surface area (Å²) in [6.07, 6.45) is 6.71. The first-order valence-electron chi connectivity index (χ1n) is 11.0. The molecule has 4 bridgehead atoms. The first-order valence-corrected chi connectivity index (χ1v) is 11.0. The third-order valence-electron chi connectivity index (χ3n) is 7.28. The number of amides is 1. The lowest BCUT2D eigenvalue weighted by Gasteiger charge is -2.56. The zero-order valence-corrected chi connectivity index (χ0v) is 17.2. The Morgan fingerprint density at radius 2 is 1.53 bits per heavy atom. The summed E-state index contributed by atoms with van der Waals surface area (Å²) in [6.45, 7) is 0.489. The number of hydrogen-bond donors (Lipinski definition) is 2. The molecule has 4 aliphatic carbocycles. The topological polar surface area (TPSA) is 79.4 Å². The van der Waals surface area contributed by atoms with E-state index in [1.54, 1.807) is 0 Å². The van der Waals surface area contributed by atoms with Crippen molar-refractivity contribution in [3.63, 3.8) is 0 Å². The number of ether oxygens (including phenoxy) is 1. The highest BCUT2D eigenvalue weighted by molar-refractivity contribution is 6.16. The van der Waals surface area contributed by atoms with Crippen LogP contribution >= 0.6 is 0 Å². The van der Waals surface area contributed by atoms with Crippen molar-refractivity contribution < 1.29 is 9.53 Å². The van der Waals surface area contributed by atoms with E-state index in [0.717, 1.165) is 30.6 Å². The molecule has 5 nitrogen and oxygen atoms in total. The lowest BCUT2D eigenvalue weighted by molar-refractivity contribution is -0.142. The highest BCUT2D eigenvalue weighted by Crippen LogP contribution is 2.60. The van der Waals surface area contributed by atoms with E-state index in [4.69, 9.17) is 15.9 Å². The van der Waals surface area contributed by atoms with Crippen molar-refractivity contribution in [3.05, 3.63) is 60.2 Å². The second-order valence-corrected chi connectivity index (χ2v) is 9.49. The molecule has 0 saturated heterocycles. The maximum atomic E-state index is 13.7. The van der Waals surface area contributed by atoms with E-state index >= 15 is 0 Å². The van der Waals surface area contributed by atoms with Gasteiger partial charge in [0.25, 0.3) is 0 Å². The standard InChI is InChI=1S/C25H29N3O2/c26-24(27)28(23(29)25-13-18-10-19(14-25)12-20(11-18)15-25)21-6-8-22(9-7-21)30-16-17-4-2-1-3-5-17/h1-9,18-20H,10-16H2,(H3,26,27). The summed E-state index contributed by atoms with van der Waals surface area (Å²) < 4.78 is 5.86. The fourth-order valence-electron chi connectivity index (χ4n) is 6.41. The van der Waals surface area contributed by atoms with Crippen LogP contribution in [0, 0.1) is 28.6 Å². The number of carbonyl (C=O) groups is 1. The van der Waals surface area contributed by atoms with Gasteiger partial charge in [0.2, 0.25) is 5.91 Å². The Hall–Kier alpha value is -2.82. The number of nitrogens with zero attached hydrogens (tertiary/aromatic N) is 1. The fourth-order valence-corrected chi connectivity index (χ4v) is 6.41. The van der Waals surface area contributed by atoms with E-state index in [0.29, 0.717) is 30.0 Å².